The Morgan fingerprint density at radius 1 is 1.53 bits per heavy atom. The van der Waals surface area contributed by atoms with Crippen LogP contribution >= 0.6 is 11.8 Å². The van der Waals surface area contributed by atoms with E-state index in [1.807, 2.05) is 25.1 Å². The first-order chi connectivity index (χ1) is 7.00. The van der Waals surface area contributed by atoms with E-state index in [0.29, 0.717) is 11.4 Å². The molecule has 5 heteroatoms. The lowest BCUT2D eigenvalue weighted by molar-refractivity contribution is -0.118. The van der Waals surface area contributed by atoms with Crippen molar-refractivity contribution < 1.29 is 4.79 Å². The number of nitrogen functional groups attached to an aromatic ring is 1. The zero-order chi connectivity index (χ0) is 11.4. The molecule has 0 radical (unpaired) electrons. The second-order valence-corrected chi connectivity index (χ2v) is 4.42. The molecule has 1 aromatic rings. The van der Waals surface area contributed by atoms with Gasteiger partial charge in [-0.2, -0.15) is 0 Å². The lowest BCUT2D eigenvalue weighted by atomic mass is 10.2. The molecule has 0 aliphatic carbocycles. The molecule has 0 saturated carbocycles. The summed E-state index contributed by atoms with van der Waals surface area (Å²) in [4.78, 5) is 11.7. The van der Waals surface area contributed by atoms with E-state index in [4.69, 9.17) is 17.2 Å². The molecule has 1 amide bonds. The Morgan fingerprint density at radius 2 is 2.20 bits per heavy atom. The van der Waals surface area contributed by atoms with Gasteiger partial charge in [-0.15, -0.1) is 11.8 Å². The maximum atomic E-state index is 10.7. The number of hydrogen-bond acceptors (Lipinski definition) is 4. The number of benzene rings is 1. The fourth-order valence-electron chi connectivity index (χ4n) is 1.03. The van der Waals surface area contributed by atoms with E-state index >= 15 is 0 Å². The number of rotatable bonds is 4. The van der Waals surface area contributed by atoms with E-state index in [0.717, 1.165) is 10.5 Å². The largest absolute Gasteiger partial charge is 0.398 e. The number of thioether (sulfide) groups is 1. The van der Waals surface area contributed by atoms with Crippen LogP contribution in [-0.2, 0) is 4.79 Å². The number of hydrogen-bond donors (Lipinski definition) is 3. The van der Waals surface area contributed by atoms with Crippen LogP contribution in [0, 0.1) is 6.92 Å². The average Bonchev–Trinajstić information content (AvgIpc) is 2.18. The molecule has 6 N–H and O–H groups in total. The van der Waals surface area contributed by atoms with Gasteiger partial charge in [-0.25, -0.2) is 0 Å². The second kappa shape index (κ2) is 5.04. The normalized spacial score (nSPS) is 12.4. The summed E-state index contributed by atoms with van der Waals surface area (Å²) >= 11 is 1.45. The zero-order valence-electron chi connectivity index (χ0n) is 8.57. The minimum atomic E-state index is -0.630. The van der Waals surface area contributed by atoms with Crippen molar-refractivity contribution in [2.24, 2.45) is 11.5 Å². The number of carbonyl (C=O) groups is 1. The first-order valence-corrected chi connectivity index (χ1v) is 5.53. The van der Waals surface area contributed by atoms with Gasteiger partial charge in [-0.3, -0.25) is 4.79 Å². The third-order valence-corrected chi connectivity index (χ3v) is 3.14. The first-order valence-electron chi connectivity index (χ1n) is 4.54. The van der Waals surface area contributed by atoms with Crippen molar-refractivity contribution in [3.63, 3.8) is 0 Å². The quantitative estimate of drug-likeness (QED) is 0.513. The van der Waals surface area contributed by atoms with Crippen molar-refractivity contribution in [2.45, 2.75) is 17.9 Å². The molecule has 82 valence electrons. The summed E-state index contributed by atoms with van der Waals surface area (Å²) in [5.41, 5.74) is 18.2. The molecule has 4 nitrogen and oxygen atoms in total. The predicted octanol–water partition coefficient (Wildman–Crippen LogP) is 0.482. The van der Waals surface area contributed by atoms with Gasteiger partial charge in [0, 0.05) is 16.3 Å². The summed E-state index contributed by atoms with van der Waals surface area (Å²) in [5.74, 6) is -0.0445. The van der Waals surface area contributed by atoms with Crippen LogP contribution in [0.1, 0.15) is 5.56 Å². The molecule has 1 rings (SSSR count). The van der Waals surface area contributed by atoms with Gasteiger partial charge in [0.05, 0.1) is 6.04 Å². The van der Waals surface area contributed by atoms with Crippen LogP contribution in [0.2, 0.25) is 0 Å². The zero-order valence-corrected chi connectivity index (χ0v) is 9.38. The van der Waals surface area contributed by atoms with E-state index in [1.165, 1.54) is 11.8 Å². The van der Waals surface area contributed by atoms with Gasteiger partial charge in [0.15, 0.2) is 0 Å². The minimum Gasteiger partial charge on any atom is -0.398 e. The molecule has 1 aromatic carbocycles. The van der Waals surface area contributed by atoms with Crippen molar-refractivity contribution in [3.05, 3.63) is 23.8 Å². The van der Waals surface area contributed by atoms with Crippen LogP contribution in [0.4, 0.5) is 5.69 Å². The van der Waals surface area contributed by atoms with Crippen LogP contribution in [0.15, 0.2) is 23.1 Å². The van der Waals surface area contributed by atoms with Crippen LogP contribution in [0.3, 0.4) is 0 Å². The Kier molecular flexibility index (Phi) is 3.99. The van der Waals surface area contributed by atoms with Crippen LogP contribution in [-0.4, -0.2) is 17.7 Å². The van der Waals surface area contributed by atoms with Crippen molar-refractivity contribution >= 4 is 23.4 Å². The molecule has 0 aliphatic heterocycles. The second-order valence-electron chi connectivity index (χ2n) is 3.36. The Hall–Kier alpha value is -1.20. The lowest BCUT2D eigenvalue weighted by Crippen LogP contribution is -2.38. The summed E-state index contributed by atoms with van der Waals surface area (Å²) in [6.45, 7) is 1.98. The minimum absolute atomic E-state index is 0.447. The van der Waals surface area contributed by atoms with E-state index in [9.17, 15) is 4.79 Å². The Balaban J connectivity index is 2.65. The Labute approximate surface area is 93.2 Å². The van der Waals surface area contributed by atoms with Gasteiger partial charge >= 0.3 is 0 Å². The third kappa shape index (κ3) is 3.45. The SMILES string of the molecule is Cc1ccc(N)c(SCC(N)C(N)=O)c1. The molecular formula is C10H15N3OS. The van der Waals surface area contributed by atoms with Crippen molar-refractivity contribution in [3.8, 4) is 0 Å². The topological polar surface area (TPSA) is 95.1 Å². The van der Waals surface area contributed by atoms with Gasteiger partial charge in [0.2, 0.25) is 5.91 Å². The number of nitrogens with two attached hydrogens (primary N) is 3. The number of primary amides is 1. The molecular weight excluding hydrogens is 210 g/mol. The molecule has 0 aliphatic rings. The number of amides is 1. The van der Waals surface area contributed by atoms with Crippen LogP contribution < -0.4 is 17.2 Å². The Bertz CT molecular complexity index is 368. The highest BCUT2D eigenvalue weighted by Gasteiger charge is 2.10. The van der Waals surface area contributed by atoms with Gasteiger partial charge in [0.1, 0.15) is 0 Å². The van der Waals surface area contributed by atoms with E-state index in [1.54, 1.807) is 0 Å². The maximum Gasteiger partial charge on any atom is 0.235 e. The molecule has 0 saturated heterocycles. The fourth-order valence-corrected chi connectivity index (χ4v) is 2.06. The van der Waals surface area contributed by atoms with E-state index in [2.05, 4.69) is 0 Å². The molecule has 0 fully saturated rings. The predicted molar refractivity (Wildman–Crippen MR) is 63.5 cm³/mol. The van der Waals surface area contributed by atoms with E-state index < -0.39 is 11.9 Å². The molecule has 0 spiro atoms. The molecule has 0 aromatic heterocycles. The molecule has 1 atom stereocenters. The molecule has 0 bridgehead atoms. The van der Waals surface area contributed by atoms with Crippen molar-refractivity contribution in [1.29, 1.82) is 0 Å². The third-order valence-electron chi connectivity index (χ3n) is 1.95. The summed E-state index contributed by atoms with van der Waals surface area (Å²) in [6, 6.07) is 5.11. The van der Waals surface area contributed by atoms with E-state index in [-0.39, 0.29) is 0 Å². The summed E-state index contributed by atoms with van der Waals surface area (Å²) in [6.07, 6.45) is 0. The highest BCUT2D eigenvalue weighted by atomic mass is 32.2. The van der Waals surface area contributed by atoms with Crippen LogP contribution in [0.25, 0.3) is 0 Å². The summed E-state index contributed by atoms with van der Waals surface area (Å²) in [5, 5.41) is 0. The summed E-state index contributed by atoms with van der Waals surface area (Å²) < 4.78 is 0. The van der Waals surface area contributed by atoms with Gasteiger partial charge in [0.25, 0.3) is 0 Å². The van der Waals surface area contributed by atoms with Crippen molar-refractivity contribution in [2.75, 3.05) is 11.5 Å². The number of aryl methyl sites for hydroxylation is 1. The fraction of sp³-hybridized carbons (Fsp3) is 0.300. The highest BCUT2D eigenvalue weighted by molar-refractivity contribution is 7.99. The average molecular weight is 225 g/mol. The van der Waals surface area contributed by atoms with Crippen molar-refractivity contribution in [1.82, 2.24) is 0 Å². The molecule has 0 heterocycles. The highest BCUT2D eigenvalue weighted by Crippen LogP contribution is 2.26. The lowest BCUT2D eigenvalue weighted by Gasteiger charge is -2.09. The van der Waals surface area contributed by atoms with Gasteiger partial charge in [-0.05, 0) is 24.6 Å². The Morgan fingerprint density at radius 3 is 2.80 bits per heavy atom. The molecule has 1 unspecified atom stereocenters. The smallest absolute Gasteiger partial charge is 0.235 e. The monoisotopic (exact) mass is 225 g/mol. The maximum absolute atomic E-state index is 10.7. The first kappa shape index (κ1) is 11.9. The van der Waals surface area contributed by atoms with Gasteiger partial charge < -0.3 is 17.2 Å². The van der Waals surface area contributed by atoms with Crippen LogP contribution in [0.5, 0.6) is 0 Å². The van der Waals surface area contributed by atoms with Gasteiger partial charge in [-0.1, -0.05) is 6.07 Å². The standard InChI is InChI=1S/C10H15N3OS/c1-6-2-3-7(11)9(4-6)15-5-8(12)10(13)14/h2-4,8H,5,11-12H2,1H3,(H2,13,14). The molecule has 15 heavy (non-hydrogen) atoms. The summed E-state index contributed by atoms with van der Waals surface area (Å²) in [7, 11) is 0. The number of anilines is 1. The number of carbonyl (C=O) groups excluding carboxylic acids is 1.